The van der Waals surface area contributed by atoms with Gasteiger partial charge in [-0.1, -0.05) is 23.7 Å². The average Bonchev–Trinajstić information content (AvgIpc) is 2.39. The molecular weight excluding hydrogens is 266 g/mol. The van der Waals surface area contributed by atoms with Crippen LogP contribution in [0.5, 0.6) is 0 Å². The number of carbonyl (C=O) groups is 2. The summed E-state index contributed by atoms with van der Waals surface area (Å²) >= 11 is 5.98. The molecule has 1 aromatic carbocycles. The summed E-state index contributed by atoms with van der Waals surface area (Å²) < 4.78 is 0. The number of ketones is 1. The molecule has 0 atom stereocenters. The molecule has 1 heterocycles. The van der Waals surface area contributed by atoms with Crippen molar-refractivity contribution in [1.29, 1.82) is 0 Å². The fraction of sp³-hybridized carbons (Fsp3) is 0.429. The number of nitrogens with zero attached hydrogens (tertiary/aromatic N) is 1. The van der Waals surface area contributed by atoms with Crippen molar-refractivity contribution in [3.05, 3.63) is 34.9 Å². The van der Waals surface area contributed by atoms with Gasteiger partial charge < -0.3 is 5.11 Å². The Labute approximate surface area is 117 Å². The van der Waals surface area contributed by atoms with Gasteiger partial charge in [-0.3, -0.25) is 14.5 Å². The van der Waals surface area contributed by atoms with Gasteiger partial charge in [-0.15, -0.1) is 0 Å². The van der Waals surface area contributed by atoms with Gasteiger partial charge >= 0.3 is 5.97 Å². The van der Waals surface area contributed by atoms with E-state index in [9.17, 15) is 9.59 Å². The fourth-order valence-corrected chi connectivity index (χ4v) is 2.55. The summed E-state index contributed by atoms with van der Waals surface area (Å²) in [7, 11) is 0. The van der Waals surface area contributed by atoms with Gasteiger partial charge in [0.15, 0.2) is 5.78 Å². The van der Waals surface area contributed by atoms with Crippen molar-refractivity contribution in [3.8, 4) is 0 Å². The third kappa shape index (κ3) is 3.55. The molecule has 1 fully saturated rings. The Balaban J connectivity index is 1.91. The van der Waals surface area contributed by atoms with Crippen molar-refractivity contribution in [2.45, 2.75) is 12.8 Å². The zero-order valence-corrected chi connectivity index (χ0v) is 11.3. The Morgan fingerprint density at radius 3 is 2.47 bits per heavy atom. The Morgan fingerprint density at radius 1 is 1.26 bits per heavy atom. The lowest BCUT2D eigenvalue weighted by Crippen LogP contribution is -2.39. The predicted molar refractivity (Wildman–Crippen MR) is 72.6 cm³/mol. The van der Waals surface area contributed by atoms with Crippen LogP contribution in [0.4, 0.5) is 0 Å². The second-order valence-electron chi connectivity index (χ2n) is 4.79. The van der Waals surface area contributed by atoms with Crippen LogP contribution in [0.25, 0.3) is 0 Å². The first-order valence-corrected chi connectivity index (χ1v) is 6.68. The van der Waals surface area contributed by atoms with Crippen LogP contribution in [0.2, 0.25) is 5.02 Å². The molecule has 0 spiro atoms. The molecule has 0 bridgehead atoms. The zero-order chi connectivity index (χ0) is 13.8. The Kier molecular flexibility index (Phi) is 4.56. The highest BCUT2D eigenvalue weighted by Crippen LogP contribution is 2.19. The summed E-state index contributed by atoms with van der Waals surface area (Å²) in [4.78, 5) is 24.9. The number of halogens is 1. The first-order valence-electron chi connectivity index (χ1n) is 6.31. The van der Waals surface area contributed by atoms with Crippen LogP contribution in [0.1, 0.15) is 23.2 Å². The quantitative estimate of drug-likeness (QED) is 0.861. The molecule has 1 aliphatic heterocycles. The highest BCUT2D eigenvalue weighted by atomic mass is 35.5. The minimum atomic E-state index is -0.739. The lowest BCUT2D eigenvalue weighted by molar-refractivity contribution is -0.143. The third-order valence-electron chi connectivity index (χ3n) is 3.48. The molecular formula is C14H16ClNO3. The smallest absolute Gasteiger partial charge is 0.306 e. The van der Waals surface area contributed by atoms with E-state index in [0.717, 1.165) is 0 Å². The number of piperidine rings is 1. The molecule has 2 rings (SSSR count). The van der Waals surface area contributed by atoms with Gasteiger partial charge in [-0.25, -0.2) is 0 Å². The molecule has 102 valence electrons. The number of hydrogen-bond donors (Lipinski definition) is 1. The van der Waals surface area contributed by atoms with E-state index in [1.165, 1.54) is 0 Å². The lowest BCUT2D eigenvalue weighted by atomic mass is 9.97. The first-order chi connectivity index (χ1) is 9.08. The number of likely N-dealkylation sites (tertiary alicyclic amines) is 1. The molecule has 0 aliphatic carbocycles. The topological polar surface area (TPSA) is 57.6 Å². The van der Waals surface area contributed by atoms with Crippen LogP contribution < -0.4 is 0 Å². The molecule has 5 heteroatoms. The molecule has 1 saturated heterocycles. The lowest BCUT2D eigenvalue weighted by Gasteiger charge is -2.29. The normalized spacial score (nSPS) is 17.3. The number of hydrogen-bond acceptors (Lipinski definition) is 3. The van der Waals surface area contributed by atoms with Crippen LogP contribution in [-0.2, 0) is 4.79 Å². The van der Waals surface area contributed by atoms with Crippen molar-refractivity contribution in [1.82, 2.24) is 4.90 Å². The summed E-state index contributed by atoms with van der Waals surface area (Å²) in [6, 6.07) is 6.99. The van der Waals surface area contributed by atoms with E-state index in [4.69, 9.17) is 16.7 Å². The van der Waals surface area contributed by atoms with Crippen LogP contribution in [0, 0.1) is 5.92 Å². The predicted octanol–water partition coefficient (Wildman–Crippen LogP) is 2.32. The van der Waals surface area contributed by atoms with E-state index in [2.05, 4.69) is 0 Å². The molecule has 0 aromatic heterocycles. The monoisotopic (exact) mass is 281 g/mol. The van der Waals surface area contributed by atoms with Gasteiger partial charge in [0.1, 0.15) is 0 Å². The number of carboxylic acids is 1. The van der Waals surface area contributed by atoms with Gasteiger partial charge in [0, 0.05) is 5.56 Å². The van der Waals surface area contributed by atoms with Crippen molar-refractivity contribution >= 4 is 23.4 Å². The minimum absolute atomic E-state index is 0.0145. The largest absolute Gasteiger partial charge is 0.481 e. The highest BCUT2D eigenvalue weighted by molar-refractivity contribution is 6.34. The van der Waals surface area contributed by atoms with E-state index in [-0.39, 0.29) is 11.7 Å². The molecule has 1 N–H and O–H groups in total. The molecule has 0 amide bonds. The zero-order valence-electron chi connectivity index (χ0n) is 10.5. The molecule has 1 aromatic rings. The minimum Gasteiger partial charge on any atom is -0.481 e. The average molecular weight is 282 g/mol. The van der Waals surface area contributed by atoms with Gasteiger partial charge in [-0.2, -0.15) is 0 Å². The summed E-state index contributed by atoms with van der Waals surface area (Å²) in [5, 5.41) is 9.38. The highest BCUT2D eigenvalue weighted by Gasteiger charge is 2.25. The number of rotatable bonds is 4. The Bertz CT molecular complexity index is 481. The van der Waals surface area contributed by atoms with Crippen molar-refractivity contribution in [2.75, 3.05) is 19.6 Å². The van der Waals surface area contributed by atoms with Gasteiger partial charge in [0.25, 0.3) is 0 Å². The summed E-state index contributed by atoms with van der Waals surface area (Å²) in [6.07, 6.45) is 1.20. The third-order valence-corrected chi connectivity index (χ3v) is 3.81. The van der Waals surface area contributed by atoms with Crippen molar-refractivity contribution < 1.29 is 14.7 Å². The number of benzene rings is 1. The fourth-order valence-electron chi connectivity index (χ4n) is 2.31. The SMILES string of the molecule is O=C(CN1CCC(C(=O)O)CC1)c1ccccc1Cl. The maximum absolute atomic E-state index is 12.1. The van der Waals surface area contributed by atoms with Gasteiger partial charge in [-0.05, 0) is 38.1 Å². The number of aliphatic carboxylic acids is 1. The number of Topliss-reactive ketones (excluding diaryl/α,β-unsaturated/α-hetero) is 1. The Morgan fingerprint density at radius 2 is 1.89 bits per heavy atom. The van der Waals surface area contributed by atoms with E-state index in [1.807, 2.05) is 4.90 Å². The van der Waals surface area contributed by atoms with Crippen LogP contribution in [0.3, 0.4) is 0 Å². The van der Waals surface area contributed by atoms with Crippen LogP contribution in [0.15, 0.2) is 24.3 Å². The van der Waals surface area contributed by atoms with Gasteiger partial charge in [0.2, 0.25) is 0 Å². The number of carboxylic acid groups (broad SMARTS) is 1. The van der Waals surface area contributed by atoms with Gasteiger partial charge in [0.05, 0.1) is 17.5 Å². The van der Waals surface area contributed by atoms with Crippen molar-refractivity contribution in [3.63, 3.8) is 0 Å². The summed E-state index contributed by atoms with van der Waals surface area (Å²) in [6.45, 7) is 1.59. The molecule has 1 aliphatic rings. The summed E-state index contributed by atoms with van der Waals surface area (Å²) in [5.41, 5.74) is 0.532. The van der Waals surface area contributed by atoms with E-state index >= 15 is 0 Å². The maximum atomic E-state index is 12.1. The van der Waals surface area contributed by atoms with Crippen LogP contribution in [-0.4, -0.2) is 41.4 Å². The molecule has 0 unspecified atom stereocenters. The van der Waals surface area contributed by atoms with E-state index in [1.54, 1.807) is 24.3 Å². The Hall–Kier alpha value is -1.39. The molecule has 4 nitrogen and oxygen atoms in total. The second kappa shape index (κ2) is 6.17. The van der Waals surface area contributed by atoms with Crippen molar-refractivity contribution in [2.24, 2.45) is 5.92 Å². The van der Waals surface area contributed by atoms with E-state index in [0.29, 0.717) is 43.1 Å². The van der Waals surface area contributed by atoms with E-state index < -0.39 is 5.97 Å². The maximum Gasteiger partial charge on any atom is 0.306 e. The standard InChI is InChI=1S/C14H16ClNO3/c15-12-4-2-1-3-11(12)13(17)9-16-7-5-10(6-8-16)14(18)19/h1-4,10H,5-9H2,(H,18,19). The molecule has 0 saturated carbocycles. The molecule has 0 radical (unpaired) electrons. The first kappa shape index (κ1) is 14.0. The molecule has 19 heavy (non-hydrogen) atoms. The number of carbonyl (C=O) groups excluding carboxylic acids is 1. The summed E-state index contributed by atoms with van der Waals surface area (Å²) in [5.74, 6) is -1.02. The van der Waals surface area contributed by atoms with Crippen LogP contribution >= 0.6 is 11.6 Å². The second-order valence-corrected chi connectivity index (χ2v) is 5.20.